The van der Waals surface area contributed by atoms with Gasteiger partial charge in [0.25, 0.3) is 0 Å². The summed E-state index contributed by atoms with van der Waals surface area (Å²) >= 11 is 0. The first-order chi connectivity index (χ1) is 8.70. The zero-order valence-corrected chi connectivity index (χ0v) is 11.7. The SMILES string of the molecule is Cc1ccccc1NC(CN)C1CCC(C)CC1. The summed E-state index contributed by atoms with van der Waals surface area (Å²) in [6.07, 6.45) is 5.36. The molecule has 1 aliphatic rings. The van der Waals surface area contributed by atoms with E-state index in [0.29, 0.717) is 6.04 Å². The van der Waals surface area contributed by atoms with Crippen LogP contribution in [0.4, 0.5) is 5.69 Å². The molecule has 2 nitrogen and oxygen atoms in total. The van der Waals surface area contributed by atoms with Gasteiger partial charge in [-0.05, 0) is 43.2 Å². The fourth-order valence-electron chi connectivity index (χ4n) is 2.99. The van der Waals surface area contributed by atoms with E-state index in [-0.39, 0.29) is 0 Å². The van der Waals surface area contributed by atoms with Crippen molar-refractivity contribution >= 4 is 5.69 Å². The van der Waals surface area contributed by atoms with Crippen molar-refractivity contribution in [1.29, 1.82) is 0 Å². The number of hydrogen-bond acceptors (Lipinski definition) is 2. The van der Waals surface area contributed by atoms with Gasteiger partial charge in [0, 0.05) is 18.3 Å². The van der Waals surface area contributed by atoms with E-state index in [1.54, 1.807) is 0 Å². The second-order valence-electron chi connectivity index (χ2n) is 5.82. The average molecular weight is 246 g/mol. The van der Waals surface area contributed by atoms with Crippen molar-refractivity contribution in [3.63, 3.8) is 0 Å². The summed E-state index contributed by atoms with van der Waals surface area (Å²) in [7, 11) is 0. The molecule has 1 aliphatic carbocycles. The Bertz CT molecular complexity index is 367. The van der Waals surface area contributed by atoms with E-state index in [4.69, 9.17) is 5.73 Å². The van der Waals surface area contributed by atoms with Crippen molar-refractivity contribution in [1.82, 2.24) is 0 Å². The number of nitrogens with two attached hydrogens (primary N) is 1. The molecule has 0 amide bonds. The van der Waals surface area contributed by atoms with Crippen LogP contribution in [0.15, 0.2) is 24.3 Å². The summed E-state index contributed by atoms with van der Waals surface area (Å²) < 4.78 is 0. The van der Waals surface area contributed by atoms with Gasteiger partial charge in [-0.2, -0.15) is 0 Å². The van der Waals surface area contributed by atoms with E-state index in [0.717, 1.165) is 18.4 Å². The van der Waals surface area contributed by atoms with Crippen molar-refractivity contribution in [2.24, 2.45) is 17.6 Å². The van der Waals surface area contributed by atoms with Gasteiger partial charge in [0.15, 0.2) is 0 Å². The molecule has 1 atom stereocenters. The third-order valence-electron chi connectivity index (χ3n) is 4.37. The van der Waals surface area contributed by atoms with E-state index in [2.05, 4.69) is 43.4 Å². The molecule has 0 bridgehead atoms. The quantitative estimate of drug-likeness (QED) is 0.852. The Hall–Kier alpha value is -1.02. The highest BCUT2D eigenvalue weighted by Crippen LogP contribution is 2.31. The van der Waals surface area contributed by atoms with Crippen molar-refractivity contribution in [3.8, 4) is 0 Å². The fourth-order valence-corrected chi connectivity index (χ4v) is 2.99. The summed E-state index contributed by atoms with van der Waals surface area (Å²) in [6, 6.07) is 8.91. The molecular formula is C16H26N2. The second-order valence-corrected chi connectivity index (χ2v) is 5.82. The lowest BCUT2D eigenvalue weighted by atomic mass is 9.79. The Morgan fingerprint density at radius 3 is 2.50 bits per heavy atom. The molecule has 0 aliphatic heterocycles. The molecule has 1 aromatic carbocycles. The molecule has 2 rings (SSSR count). The summed E-state index contributed by atoms with van der Waals surface area (Å²) in [6.45, 7) is 5.24. The predicted molar refractivity (Wildman–Crippen MR) is 78.8 cm³/mol. The highest BCUT2D eigenvalue weighted by molar-refractivity contribution is 5.51. The Kier molecular flexibility index (Phi) is 4.65. The smallest absolute Gasteiger partial charge is 0.0411 e. The van der Waals surface area contributed by atoms with Gasteiger partial charge in [0.05, 0.1) is 0 Å². The third-order valence-corrected chi connectivity index (χ3v) is 4.37. The molecule has 100 valence electrons. The number of benzene rings is 1. The molecule has 1 fully saturated rings. The van der Waals surface area contributed by atoms with Gasteiger partial charge in [0.2, 0.25) is 0 Å². The van der Waals surface area contributed by atoms with Crippen molar-refractivity contribution in [3.05, 3.63) is 29.8 Å². The minimum atomic E-state index is 0.429. The highest BCUT2D eigenvalue weighted by atomic mass is 14.9. The van der Waals surface area contributed by atoms with Crippen LogP contribution in [-0.2, 0) is 0 Å². The van der Waals surface area contributed by atoms with Gasteiger partial charge in [-0.25, -0.2) is 0 Å². The van der Waals surface area contributed by atoms with E-state index >= 15 is 0 Å². The largest absolute Gasteiger partial charge is 0.381 e. The number of nitrogens with one attached hydrogen (secondary N) is 1. The monoisotopic (exact) mass is 246 g/mol. The number of para-hydroxylation sites is 1. The molecule has 1 unspecified atom stereocenters. The molecule has 3 N–H and O–H groups in total. The van der Waals surface area contributed by atoms with Crippen LogP contribution in [0.25, 0.3) is 0 Å². The molecule has 0 radical (unpaired) electrons. The fraction of sp³-hybridized carbons (Fsp3) is 0.625. The maximum atomic E-state index is 5.97. The molecule has 2 heteroatoms. The molecule has 0 heterocycles. The summed E-state index contributed by atoms with van der Waals surface area (Å²) in [5.74, 6) is 1.64. The maximum Gasteiger partial charge on any atom is 0.0411 e. The normalized spacial score (nSPS) is 25.7. The molecule has 0 aromatic heterocycles. The standard InChI is InChI=1S/C16H26N2/c1-12-7-9-14(10-8-12)16(11-17)18-15-6-4-3-5-13(15)2/h3-6,12,14,16,18H,7-11,17H2,1-2H3. The van der Waals surface area contributed by atoms with E-state index < -0.39 is 0 Å². The Labute approximate surface area is 111 Å². The van der Waals surface area contributed by atoms with Gasteiger partial charge in [-0.3, -0.25) is 0 Å². The molecule has 18 heavy (non-hydrogen) atoms. The first-order valence-electron chi connectivity index (χ1n) is 7.23. The summed E-state index contributed by atoms with van der Waals surface area (Å²) in [4.78, 5) is 0. The lowest BCUT2D eigenvalue weighted by Gasteiger charge is -2.33. The van der Waals surface area contributed by atoms with Gasteiger partial charge in [0.1, 0.15) is 0 Å². The summed E-state index contributed by atoms with van der Waals surface area (Å²) in [5, 5.41) is 3.66. The Morgan fingerprint density at radius 2 is 1.89 bits per heavy atom. The minimum Gasteiger partial charge on any atom is -0.381 e. The Balaban J connectivity index is 1.99. The number of anilines is 1. The van der Waals surface area contributed by atoms with Crippen LogP contribution in [0.5, 0.6) is 0 Å². The highest BCUT2D eigenvalue weighted by Gasteiger charge is 2.25. The second kappa shape index (κ2) is 6.24. The Morgan fingerprint density at radius 1 is 1.22 bits per heavy atom. The number of aryl methyl sites for hydroxylation is 1. The molecule has 1 aromatic rings. The van der Waals surface area contributed by atoms with Crippen LogP contribution in [-0.4, -0.2) is 12.6 Å². The minimum absolute atomic E-state index is 0.429. The van der Waals surface area contributed by atoms with E-state index in [1.165, 1.54) is 36.9 Å². The van der Waals surface area contributed by atoms with Crippen molar-refractivity contribution in [2.75, 3.05) is 11.9 Å². The lowest BCUT2D eigenvalue weighted by Crippen LogP contribution is -2.38. The van der Waals surface area contributed by atoms with Crippen LogP contribution < -0.4 is 11.1 Å². The van der Waals surface area contributed by atoms with Crippen LogP contribution in [0.1, 0.15) is 38.2 Å². The topological polar surface area (TPSA) is 38.0 Å². The first kappa shape index (κ1) is 13.4. The predicted octanol–water partition coefficient (Wildman–Crippen LogP) is 3.56. The molecule has 1 saturated carbocycles. The first-order valence-corrected chi connectivity index (χ1v) is 7.23. The van der Waals surface area contributed by atoms with E-state index in [1.807, 2.05) is 0 Å². The maximum absolute atomic E-state index is 5.97. The molecule has 0 saturated heterocycles. The van der Waals surface area contributed by atoms with Crippen LogP contribution in [0.3, 0.4) is 0 Å². The van der Waals surface area contributed by atoms with Gasteiger partial charge in [-0.1, -0.05) is 38.0 Å². The number of rotatable bonds is 4. The zero-order chi connectivity index (χ0) is 13.0. The third kappa shape index (κ3) is 3.26. The van der Waals surface area contributed by atoms with Gasteiger partial charge >= 0.3 is 0 Å². The molecule has 0 spiro atoms. The average Bonchev–Trinajstić information content (AvgIpc) is 2.39. The van der Waals surface area contributed by atoms with Crippen LogP contribution in [0, 0.1) is 18.8 Å². The zero-order valence-electron chi connectivity index (χ0n) is 11.7. The van der Waals surface area contributed by atoms with Crippen LogP contribution in [0.2, 0.25) is 0 Å². The lowest BCUT2D eigenvalue weighted by molar-refractivity contribution is 0.265. The van der Waals surface area contributed by atoms with E-state index in [9.17, 15) is 0 Å². The molecular weight excluding hydrogens is 220 g/mol. The van der Waals surface area contributed by atoms with Gasteiger partial charge < -0.3 is 11.1 Å². The van der Waals surface area contributed by atoms with Gasteiger partial charge in [-0.15, -0.1) is 0 Å². The number of hydrogen-bond donors (Lipinski definition) is 2. The van der Waals surface area contributed by atoms with Crippen LogP contribution >= 0.6 is 0 Å². The van der Waals surface area contributed by atoms with Crippen molar-refractivity contribution in [2.45, 2.75) is 45.6 Å². The van der Waals surface area contributed by atoms with Crippen molar-refractivity contribution < 1.29 is 0 Å². The summed E-state index contributed by atoms with van der Waals surface area (Å²) in [5.41, 5.74) is 8.52.